The number of aryl methyl sites for hydroxylation is 1. The number of likely N-dealkylation sites (N-methyl/N-ethyl adjacent to an activating group) is 1. The third-order valence-electron chi connectivity index (χ3n) is 5.58. The molecule has 1 heterocycles. The number of ether oxygens (including phenoxy) is 2. The lowest BCUT2D eigenvalue weighted by molar-refractivity contribution is -0.170. The minimum atomic E-state index is -1.14. The predicted molar refractivity (Wildman–Crippen MR) is 150 cm³/mol. The molecule has 0 fully saturated rings. The molecule has 0 spiro atoms. The summed E-state index contributed by atoms with van der Waals surface area (Å²) in [6, 6.07) is 15.2. The molecule has 0 unspecified atom stereocenters. The maximum atomic E-state index is 12.5. The lowest BCUT2D eigenvalue weighted by Crippen LogP contribution is -2.43. The van der Waals surface area contributed by atoms with Gasteiger partial charge in [-0.3, -0.25) is 9.69 Å². The van der Waals surface area contributed by atoms with Gasteiger partial charge in [0.15, 0.2) is 5.60 Å². The summed E-state index contributed by atoms with van der Waals surface area (Å²) in [6.07, 6.45) is 0. The number of aromatic nitrogens is 1. The standard InChI is InChI=1S/C29H36BrN3O5/c1-19-24(32-26(36-19)21-9-8-10-22(30)15-21)17-33(18-25(34)31-7)16-20-11-13-23(14-12-20)37-29(5,6)27(35)38-28(2,3)4/h8-15H,16-18H2,1-7H3,(H,31,34). The van der Waals surface area contributed by atoms with E-state index in [4.69, 9.17) is 18.9 Å². The van der Waals surface area contributed by atoms with Crippen molar-refractivity contribution in [3.05, 3.63) is 70.0 Å². The first kappa shape index (κ1) is 29.4. The van der Waals surface area contributed by atoms with Crippen molar-refractivity contribution in [2.75, 3.05) is 13.6 Å². The van der Waals surface area contributed by atoms with Crippen molar-refractivity contribution >= 4 is 27.8 Å². The van der Waals surface area contributed by atoms with Gasteiger partial charge in [0.05, 0.1) is 12.2 Å². The van der Waals surface area contributed by atoms with Crippen LogP contribution in [0.5, 0.6) is 5.75 Å². The quantitative estimate of drug-likeness (QED) is 0.307. The Bertz CT molecular complexity index is 1260. The van der Waals surface area contributed by atoms with Crippen LogP contribution in [-0.2, 0) is 27.4 Å². The molecule has 0 radical (unpaired) electrons. The number of halogens is 1. The molecule has 8 nitrogen and oxygen atoms in total. The third-order valence-corrected chi connectivity index (χ3v) is 6.07. The molecule has 38 heavy (non-hydrogen) atoms. The molecule has 0 bridgehead atoms. The summed E-state index contributed by atoms with van der Waals surface area (Å²) in [6.45, 7) is 11.8. The van der Waals surface area contributed by atoms with Crippen LogP contribution in [0.15, 0.2) is 57.4 Å². The minimum absolute atomic E-state index is 0.0996. The second-order valence-corrected chi connectivity index (χ2v) is 11.5. The van der Waals surface area contributed by atoms with Crippen LogP contribution in [0, 0.1) is 6.92 Å². The Kier molecular flexibility index (Phi) is 9.38. The lowest BCUT2D eigenvalue weighted by atomic mass is 10.1. The molecule has 0 atom stereocenters. The summed E-state index contributed by atoms with van der Waals surface area (Å²) in [7, 11) is 1.62. The highest BCUT2D eigenvalue weighted by Gasteiger charge is 2.34. The van der Waals surface area contributed by atoms with Crippen LogP contribution in [0.4, 0.5) is 0 Å². The molecule has 204 valence electrons. The van der Waals surface area contributed by atoms with Gasteiger partial charge in [0.2, 0.25) is 11.8 Å². The van der Waals surface area contributed by atoms with Gasteiger partial charge in [0.1, 0.15) is 17.1 Å². The Labute approximate surface area is 232 Å². The van der Waals surface area contributed by atoms with Crippen LogP contribution in [0.2, 0.25) is 0 Å². The fourth-order valence-electron chi connectivity index (χ4n) is 3.64. The SMILES string of the molecule is CNC(=O)CN(Cc1ccc(OC(C)(C)C(=O)OC(C)(C)C)cc1)Cc1nc(-c2cccc(Br)c2)oc1C. The number of benzene rings is 2. The molecule has 2 aromatic carbocycles. The highest BCUT2D eigenvalue weighted by Crippen LogP contribution is 2.26. The maximum absolute atomic E-state index is 12.5. The number of esters is 1. The van der Waals surface area contributed by atoms with Gasteiger partial charge < -0.3 is 19.2 Å². The van der Waals surface area contributed by atoms with E-state index >= 15 is 0 Å². The second kappa shape index (κ2) is 12.1. The molecule has 0 saturated heterocycles. The summed E-state index contributed by atoms with van der Waals surface area (Å²) < 4.78 is 18.3. The van der Waals surface area contributed by atoms with E-state index in [0.717, 1.165) is 21.3 Å². The Morgan fingerprint density at radius 3 is 2.34 bits per heavy atom. The number of nitrogens with one attached hydrogen (secondary N) is 1. The molecule has 1 N–H and O–H groups in total. The van der Waals surface area contributed by atoms with Crippen LogP contribution in [0.1, 0.15) is 51.6 Å². The van der Waals surface area contributed by atoms with Gasteiger partial charge in [-0.15, -0.1) is 0 Å². The molecule has 0 aliphatic carbocycles. The van der Waals surface area contributed by atoms with Crippen molar-refractivity contribution in [3.8, 4) is 17.2 Å². The normalized spacial score (nSPS) is 11.9. The van der Waals surface area contributed by atoms with E-state index in [0.29, 0.717) is 30.5 Å². The van der Waals surface area contributed by atoms with Crippen LogP contribution in [0.25, 0.3) is 11.5 Å². The number of carbonyl (C=O) groups excluding carboxylic acids is 2. The summed E-state index contributed by atoms with van der Waals surface area (Å²) in [5, 5.41) is 2.69. The molecule has 0 aliphatic heterocycles. The smallest absolute Gasteiger partial charge is 0.350 e. The fraction of sp³-hybridized carbons (Fsp3) is 0.414. The number of nitrogens with zero attached hydrogens (tertiary/aromatic N) is 2. The zero-order valence-electron chi connectivity index (χ0n) is 23.1. The number of hydrogen-bond donors (Lipinski definition) is 1. The van der Waals surface area contributed by atoms with Crippen molar-refractivity contribution in [1.29, 1.82) is 0 Å². The predicted octanol–water partition coefficient (Wildman–Crippen LogP) is 5.66. The first-order valence-electron chi connectivity index (χ1n) is 12.4. The van der Waals surface area contributed by atoms with E-state index < -0.39 is 17.2 Å². The zero-order chi connectivity index (χ0) is 28.1. The highest BCUT2D eigenvalue weighted by molar-refractivity contribution is 9.10. The van der Waals surface area contributed by atoms with Crippen molar-refractivity contribution < 1.29 is 23.5 Å². The molecule has 3 rings (SSSR count). The van der Waals surface area contributed by atoms with Crippen LogP contribution < -0.4 is 10.1 Å². The minimum Gasteiger partial charge on any atom is -0.476 e. The topological polar surface area (TPSA) is 93.9 Å². The number of hydrogen-bond acceptors (Lipinski definition) is 7. The van der Waals surface area contributed by atoms with E-state index in [9.17, 15) is 9.59 Å². The van der Waals surface area contributed by atoms with Crippen LogP contribution in [-0.4, -0.2) is 46.6 Å². The summed E-state index contributed by atoms with van der Waals surface area (Å²) in [4.78, 5) is 31.5. The van der Waals surface area contributed by atoms with Gasteiger partial charge in [0, 0.05) is 30.2 Å². The molecule has 3 aromatic rings. The van der Waals surface area contributed by atoms with Crippen LogP contribution in [0.3, 0.4) is 0 Å². The molecule has 9 heteroatoms. The molecule has 0 saturated carbocycles. The Morgan fingerprint density at radius 1 is 1.05 bits per heavy atom. The van der Waals surface area contributed by atoms with Gasteiger partial charge in [-0.1, -0.05) is 34.1 Å². The summed E-state index contributed by atoms with van der Waals surface area (Å²) >= 11 is 3.48. The zero-order valence-corrected chi connectivity index (χ0v) is 24.6. The average Bonchev–Trinajstić information content (AvgIpc) is 3.19. The fourth-order valence-corrected chi connectivity index (χ4v) is 4.04. The summed E-state index contributed by atoms with van der Waals surface area (Å²) in [5.41, 5.74) is 0.872. The first-order valence-corrected chi connectivity index (χ1v) is 13.2. The largest absolute Gasteiger partial charge is 0.476 e. The van der Waals surface area contributed by atoms with Crippen LogP contribution >= 0.6 is 15.9 Å². The van der Waals surface area contributed by atoms with Crippen molar-refractivity contribution in [3.63, 3.8) is 0 Å². The maximum Gasteiger partial charge on any atom is 0.350 e. The van der Waals surface area contributed by atoms with E-state index in [-0.39, 0.29) is 12.5 Å². The first-order chi connectivity index (χ1) is 17.8. The van der Waals surface area contributed by atoms with Crippen molar-refractivity contribution in [2.45, 2.75) is 65.8 Å². The van der Waals surface area contributed by atoms with Gasteiger partial charge >= 0.3 is 5.97 Å². The van der Waals surface area contributed by atoms with Gasteiger partial charge in [0.25, 0.3) is 0 Å². The molecule has 1 amide bonds. The van der Waals surface area contributed by atoms with E-state index in [1.54, 1.807) is 20.9 Å². The van der Waals surface area contributed by atoms with Gasteiger partial charge in [-0.05, 0) is 77.4 Å². The number of carbonyl (C=O) groups is 2. The number of amides is 1. The highest BCUT2D eigenvalue weighted by atomic mass is 79.9. The van der Waals surface area contributed by atoms with E-state index in [1.807, 2.05) is 81.1 Å². The third kappa shape index (κ3) is 8.43. The average molecular weight is 587 g/mol. The molecule has 0 aliphatic rings. The van der Waals surface area contributed by atoms with Gasteiger partial charge in [-0.2, -0.15) is 0 Å². The Hall–Kier alpha value is -3.17. The number of rotatable bonds is 10. The molecule has 1 aromatic heterocycles. The Morgan fingerprint density at radius 2 is 1.74 bits per heavy atom. The second-order valence-electron chi connectivity index (χ2n) is 10.6. The Balaban J connectivity index is 1.73. The monoisotopic (exact) mass is 585 g/mol. The van der Waals surface area contributed by atoms with E-state index in [2.05, 4.69) is 21.2 Å². The van der Waals surface area contributed by atoms with Crippen molar-refractivity contribution in [1.82, 2.24) is 15.2 Å². The van der Waals surface area contributed by atoms with Crippen molar-refractivity contribution in [2.24, 2.45) is 0 Å². The van der Waals surface area contributed by atoms with Gasteiger partial charge in [-0.25, -0.2) is 9.78 Å². The van der Waals surface area contributed by atoms with E-state index in [1.165, 1.54) is 0 Å². The lowest BCUT2D eigenvalue weighted by Gasteiger charge is -2.29. The molecular weight excluding hydrogens is 550 g/mol. The summed E-state index contributed by atoms with van der Waals surface area (Å²) in [5.74, 6) is 1.25. The number of oxazole rings is 1. The molecular formula is C29H36BrN3O5.